The molecule has 2 rings (SSSR count). The topological polar surface area (TPSA) is 70.7 Å². The van der Waals surface area contributed by atoms with Crippen molar-refractivity contribution in [1.29, 1.82) is 0 Å². The molecule has 2 aromatic rings. The summed E-state index contributed by atoms with van der Waals surface area (Å²) in [5.74, 6) is -0.0440. The van der Waals surface area contributed by atoms with Gasteiger partial charge in [0.15, 0.2) is 5.82 Å². The van der Waals surface area contributed by atoms with Crippen molar-refractivity contribution in [3.05, 3.63) is 41.3 Å². The molecule has 0 aliphatic heterocycles. The zero-order chi connectivity index (χ0) is 15.6. The number of alkyl halides is 3. The van der Waals surface area contributed by atoms with Gasteiger partial charge in [0.1, 0.15) is 5.69 Å². The minimum absolute atomic E-state index is 0.0251. The molecule has 8 heteroatoms. The Labute approximate surface area is 118 Å². The summed E-state index contributed by atoms with van der Waals surface area (Å²) >= 11 is 0. The summed E-state index contributed by atoms with van der Waals surface area (Å²) in [6, 6.07) is 3.50. The van der Waals surface area contributed by atoms with Crippen molar-refractivity contribution in [2.75, 3.05) is 5.32 Å². The first kappa shape index (κ1) is 15.0. The highest BCUT2D eigenvalue weighted by Crippen LogP contribution is 2.27. The predicted octanol–water partition coefficient (Wildman–Crippen LogP) is 3.20. The number of nitrogens with zero attached hydrogens (tertiary/aromatic N) is 2. The molecule has 1 amide bonds. The third-order valence-corrected chi connectivity index (χ3v) is 2.78. The van der Waals surface area contributed by atoms with Crippen molar-refractivity contribution in [2.24, 2.45) is 0 Å². The quantitative estimate of drug-likeness (QED) is 0.914. The molecule has 5 nitrogen and oxygen atoms in total. The molecule has 0 radical (unpaired) electrons. The number of aromatic nitrogens is 3. The summed E-state index contributed by atoms with van der Waals surface area (Å²) in [4.78, 5) is 15.1. The number of carbonyl (C=O) groups is 1. The van der Waals surface area contributed by atoms with Crippen LogP contribution in [0.5, 0.6) is 0 Å². The Bertz CT molecular complexity index is 632. The molecule has 0 spiro atoms. The van der Waals surface area contributed by atoms with Gasteiger partial charge in [0.25, 0.3) is 5.91 Å². The Hall–Kier alpha value is -2.38. The van der Waals surface area contributed by atoms with Gasteiger partial charge in [-0.05, 0) is 18.1 Å². The molecule has 2 N–H and O–H groups in total. The number of halogens is 3. The highest BCUT2D eigenvalue weighted by Gasteiger charge is 2.32. The minimum atomic E-state index is -4.52. The van der Waals surface area contributed by atoms with E-state index in [4.69, 9.17) is 0 Å². The number of H-pyrrole nitrogens is 1. The van der Waals surface area contributed by atoms with Crippen molar-refractivity contribution in [3.8, 4) is 0 Å². The largest absolute Gasteiger partial charge is 0.433 e. The summed E-state index contributed by atoms with van der Waals surface area (Å²) in [6.45, 7) is 3.91. The van der Waals surface area contributed by atoms with Crippen LogP contribution in [0.25, 0.3) is 0 Å². The molecular formula is C13H13F3N4O. The molecule has 0 bridgehead atoms. The maximum atomic E-state index is 12.4. The predicted molar refractivity (Wildman–Crippen MR) is 69.9 cm³/mol. The van der Waals surface area contributed by atoms with Crippen molar-refractivity contribution < 1.29 is 18.0 Å². The molecule has 0 aliphatic rings. The molecule has 21 heavy (non-hydrogen) atoms. The number of hydrogen-bond donors (Lipinski definition) is 2. The van der Waals surface area contributed by atoms with Crippen LogP contribution in [0.15, 0.2) is 24.4 Å². The number of carbonyl (C=O) groups excluding carboxylic acids is 1. The van der Waals surface area contributed by atoms with Crippen LogP contribution in [0.3, 0.4) is 0 Å². The van der Waals surface area contributed by atoms with Crippen LogP contribution < -0.4 is 5.32 Å². The normalized spacial score (nSPS) is 11.7. The number of pyridine rings is 1. The third-order valence-electron chi connectivity index (χ3n) is 2.78. The lowest BCUT2D eigenvalue weighted by atomic mass is 10.1. The van der Waals surface area contributed by atoms with E-state index in [2.05, 4.69) is 20.5 Å². The zero-order valence-corrected chi connectivity index (χ0v) is 11.3. The first-order chi connectivity index (χ1) is 9.77. The van der Waals surface area contributed by atoms with Gasteiger partial charge in [0.05, 0.1) is 5.56 Å². The zero-order valence-electron chi connectivity index (χ0n) is 11.3. The highest BCUT2D eigenvalue weighted by atomic mass is 19.4. The summed E-state index contributed by atoms with van der Waals surface area (Å²) in [7, 11) is 0. The summed E-state index contributed by atoms with van der Waals surface area (Å²) in [6.07, 6.45) is -3.64. The number of hydrogen-bond acceptors (Lipinski definition) is 3. The van der Waals surface area contributed by atoms with Gasteiger partial charge in [-0.2, -0.15) is 18.3 Å². The maximum Gasteiger partial charge on any atom is 0.433 e. The van der Waals surface area contributed by atoms with Gasteiger partial charge in [-0.15, -0.1) is 0 Å². The second kappa shape index (κ2) is 5.55. The van der Waals surface area contributed by atoms with Gasteiger partial charge < -0.3 is 5.32 Å². The second-order valence-corrected chi connectivity index (χ2v) is 4.75. The minimum Gasteiger partial charge on any atom is -0.305 e. The molecular weight excluding hydrogens is 285 g/mol. The van der Waals surface area contributed by atoms with Crippen molar-refractivity contribution in [2.45, 2.75) is 25.9 Å². The fourth-order valence-electron chi connectivity index (χ4n) is 1.58. The van der Waals surface area contributed by atoms with E-state index in [-0.39, 0.29) is 11.5 Å². The van der Waals surface area contributed by atoms with Crippen molar-refractivity contribution in [1.82, 2.24) is 15.2 Å². The van der Waals surface area contributed by atoms with E-state index >= 15 is 0 Å². The van der Waals surface area contributed by atoms with Crippen LogP contribution in [0, 0.1) is 0 Å². The van der Waals surface area contributed by atoms with E-state index in [1.807, 2.05) is 13.8 Å². The first-order valence-electron chi connectivity index (χ1n) is 6.17. The average molecular weight is 298 g/mol. The Morgan fingerprint density at radius 3 is 2.52 bits per heavy atom. The number of rotatable bonds is 3. The third kappa shape index (κ3) is 3.59. The van der Waals surface area contributed by atoms with Crippen molar-refractivity contribution >= 4 is 11.7 Å². The van der Waals surface area contributed by atoms with Gasteiger partial charge in [-0.25, -0.2) is 0 Å². The Balaban J connectivity index is 2.09. The molecule has 0 fully saturated rings. The Morgan fingerprint density at radius 1 is 1.33 bits per heavy atom. The van der Waals surface area contributed by atoms with Crippen molar-refractivity contribution in [3.63, 3.8) is 0 Å². The van der Waals surface area contributed by atoms with Gasteiger partial charge in [0, 0.05) is 18.0 Å². The molecule has 0 saturated heterocycles. The van der Waals surface area contributed by atoms with Gasteiger partial charge >= 0.3 is 6.18 Å². The lowest BCUT2D eigenvalue weighted by Gasteiger charge is -2.06. The highest BCUT2D eigenvalue weighted by molar-refractivity contribution is 6.03. The summed E-state index contributed by atoms with van der Waals surface area (Å²) in [5.41, 5.74) is -0.172. The summed E-state index contributed by atoms with van der Waals surface area (Å²) in [5, 5.41) is 9.15. The number of anilines is 1. The van der Waals surface area contributed by atoms with E-state index in [0.717, 1.165) is 24.0 Å². The van der Waals surface area contributed by atoms with E-state index < -0.39 is 17.8 Å². The van der Waals surface area contributed by atoms with Crippen LogP contribution >= 0.6 is 0 Å². The Kier molecular flexibility index (Phi) is 3.97. The van der Waals surface area contributed by atoms with E-state index in [1.165, 1.54) is 0 Å². The second-order valence-electron chi connectivity index (χ2n) is 4.75. The maximum absolute atomic E-state index is 12.4. The molecule has 0 aliphatic carbocycles. The summed E-state index contributed by atoms with van der Waals surface area (Å²) < 4.78 is 37.1. The van der Waals surface area contributed by atoms with Gasteiger partial charge in [-0.1, -0.05) is 13.8 Å². The standard InChI is InChI=1S/C13H13F3N4O/c1-7(2)9-5-11(20-19-9)18-12(21)8-3-4-10(17-6-8)13(14,15)16/h3-7H,1-2H3,(H2,18,19,20,21). The molecule has 112 valence electrons. The smallest absolute Gasteiger partial charge is 0.305 e. The molecule has 2 aromatic heterocycles. The lowest BCUT2D eigenvalue weighted by molar-refractivity contribution is -0.141. The number of nitrogens with one attached hydrogen (secondary N) is 2. The van der Waals surface area contributed by atoms with E-state index in [0.29, 0.717) is 5.82 Å². The van der Waals surface area contributed by atoms with Gasteiger partial charge in [-0.3, -0.25) is 14.9 Å². The fourth-order valence-corrected chi connectivity index (χ4v) is 1.58. The number of amides is 1. The van der Waals surface area contributed by atoms with Crippen LogP contribution in [0.1, 0.15) is 41.5 Å². The molecule has 0 saturated carbocycles. The van der Waals surface area contributed by atoms with Gasteiger partial charge in [0.2, 0.25) is 0 Å². The Morgan fingerprint density at radius 2 is 2.05 bits per heavy atom. The van der Waals surface area contributed by atoms with Crippen LogP contribution in [0.2, 0.25) is 0 Å². The fraction of sp³-hybridized carbons (Fsp3) is 0.308. The first-order valence-corrected chi connectivity index (χ1v) is 6.17. The molecule has 2 heterocycles. The van der Waals surface area contributed by atoms with E-state index in [1.54, 1.807) is 6.07 Å². The molecule has 0 aromatic carbocycles. The monoisotopic (exact) mass is 298 g/mol. The molecule has 0 atom stereocenters. The SMILES string of the molecule is CC(C)c1cc(NC(=O)c2ccc(C(F)(F)F)nc2)n[nH]1. The van der Waals surface area contributed by atoms with Crippen LogP contribution in [-0.2, 0) is 6.18 Å². The number of aromatic amines is 1. The van der Waals surface area contributed by atoms with Crippen LogP contribution in [-0.4, -0.2) is 21.1 Å². The lowest BCUT2D eigenvalue weighted by Crippen LogP contribution is -2.14. The van der Waals surface area contributed by atoms with E-state index in [9.17, 15) is 18.0 Å². The van der Waals surface area contributed by atoms with Crippen LogP contribution in [0.4, 0.5) is 19.0 Å². The average Bonchev–Trinajstić information content (AvgIpc) is 2.86. The molecule has 0 unspecified atom stereocenters.